The van der Waals surface area contributed by atoms with E-state index >= 15 is 0 Å². The van der Waals surface area contributed by atoms with Gasteiger partial charge in [0.15, 0.2) is 0 Å². The van der Waals surface area contributed by atoms with Crippen LogP contribution in [0.3, 0.4) is 0 Å². The lowest BCUT2D eigenvalue weighted by Crippen LogP contribution is -2.24. The van der Waals surface area contributed by atoms with E-state index in [0.29, 0.717) is 5.56 Å². The van der Waals surface area contributed by atoms with Crippen LogP contribution in [0.5, 0.6) is 0 Å². The normalized spacial score (nSPS) is 15.0. The van der Waals surface area contributed by atoms with Gasteiger partial charge in [-0.25, -0.2) is 17.5 Å². The smallest absolute Gasteiger partial charge is 0.241 e. The van der Waals surface area contributed by atoms with Gasteiger partial charge in [-0.1, -0.05) is 12.1 Å². The Hall–Kier alpha value is -1.92. The Morgan fingerprint density at radius 1 is 1.08 bits per heavy atom. The Morgan fingerprint density at radius 3 is 2.38 bits per heavy atom. The summed E-state index contributed by atoms with van der Waals surface area (Å²) in [4.78, 5) is 2.44. The number of benzene rings is 2. The first kappa shape index (κ1) is 16.9. The summed E-state index contributed by atoms with van der Waals surface area (Å²) in [6.07, 6.45) is 2.44. The molecule has 0 atom stereocenters. The number of halogens is 1. The summed E-state index contributed by atoms with van der Waals surface area (Å²) in [6.45, 7) is 3.95. The molecule has 24 heavy (non-hydrogen) atoms. The molecule has 0 aromatic heterocycles. The third-order valence-corrected chi connectivity index (χ3v) is 5.86. The van der Waals surface area contributed by atoms with E-state index in [1.165, 1.54) is 30.7 Å². The second-order valence-electron chi connectivity index (χ2n) is 6.09. The van der Waals surface area contributed by atoms with Crippen molar-refractivity contribution >= 4 is 15.7 Å². The quantitative estimate of drug-likeness (QED) is 0.903. The van der Waals surface area contributed by atoms with Gasteiger partial charge in [0.25, 0.3) is 0 Å². The van der Waals surface area contributed by atoms with Crippen molar-refractivity contribution in [3.05, 3.63) is 59.4 Å². The second kappa shape index (κ2) is 6.91. The maximum atomic E-state index is 13.1. The molecule has 0 amide bonds. The van der Waals surface area contributed by atoms with Gasteiger partial charge in [-0.15, -0.1) is 0 Å². The molecule has 1 N–H and O–H groups in total. The minimum absolute atomic E-state index is 0.109. The van der Waals surface area contributed by atoms with E-state index in [2.05, 4.69) is 9.62 Å². The molecule has 1 saturated heterocycles. The highest BCUT2D eigenvalue weighted by atomic mass is 32.2. The van der Waals surface area contributed by atoms with Crippen LogP contribution in [0.2, 0.25) is 0 Å². The number of rotatable bonds is 5. The molecule has 6 heteroatoms. The minimum atomic E-state index is -3.66. The van der Waals surface area contributed by atoms with Gasteiger partial charge in [-0.2, -0.15) is 0 Å². The van der Waals surface area contributed by atoms with E-state index in [0.717, 1.165) is 24.7 Å². The molecule has 1 aliphatic heterocycles. The number of anilines is 1. The largest absolute Gasteiger partial charge is 0.372 e. The summed E-state index contributed by atoms with van der Waals surface area (Å²) in [7, 11) is -3.66. The molecule has 4 nitrogen and oxygen atoms in total. The van der Waals surface area contributed by atoms with Crippen LogP contribution in [0.25, 0.3) is 0 Å². The Balaban J connectivity index is 1.68. The standard InChI is InChI=1S/C18H21FN2O2S/c1-14-12-16(19)6-9-18(14)24(22,23)20-13-15-4-7-17(8-5-15)21-10-2-3-11-21/h4-9,12,20H,2-3,10-11,13H2,1H3. The van der Waals surface area contributed by atoms with E-state index in [-0.39, 0.29) is 11.4 Å². The lowest BCUT2D eigenvalue weighted by atomic mass is 10.2. The van der Waals surface area contributed by atoms with Gasteiger partial charge in [0.1, 0.15) is 5.82 Å². The Labute approximate surface area is 142 Å². The van der Waals surface area contributed by atoms with Crippen LogP contribution >= 0.6 is 0 Å². The zero-order valence-corrected chi connectivity index (χ0v) is 14.4. The van der Waals surface area contributed by atoms with Crippen molar-refractivity contribution < 1.29 is 12.8 Å². The first-order chi connectivity index (χ1) is 11.5. The number of aryl methyl sites for hydroxylation is 1. The van der Waals surface area contributed by atoms with E-state index in [1.807, 2.05) is 24.3 Å². The molecule has 1 heterocycles. The Morgan fingerprint density at radius 2 is 1.75 bits per heavy atom. The van der Waals surface area contributed by atoms with Crippen LogP contribution in [0.15, 0.2) is 47.4 Å². The molecule has 3 rings (SSSR count). The number of sulfonamides is 1. The molecule has 0 radical (unpaired) electrons. The predicted octanol–water partition coefficient (Wildman–Crippen LogP) is 3.21. The zero-order valence-electron chi connectivity index (χ0n) is 13.6. The van der Waals surface area contributed by atoms with Crippen LogP contribution in [-0.2, 0) is 16.6 Å². The highest BCUT2D eigenvalue weighted by Gasteiger charge is 2.17. The van der Waals surface area contributed by atoms with Crippen LogP contribution in [0.1, 0.15) is 24.0 Å². The minimum Gasteiger partial charge on any atom is -0.372 e. The molecule has 128 valence electrons. The molecule has 0 unspecified atom stereocenters. The van der Waals surface area contributed by atoms with Crippen molar-refractivity contribution in [2.24, 2.45) is 0 Å². The predicted molar refractivity (Wildman–Crippen MR) is 93.1 cm³/mol. The molecule has 1 aliphatic rings. The summed E-state index contributed by atoms with van der Waals surface area (Å²) < 4.78 is 40.5. The summed E-state index contributed by atoms with van der Waals surface area (Å²) >= 11 is 0. The summed E-state index contributed by atoms with van der Waals surface area (Å²) in [5.74, 6) is -0.441. The molecule has 0 aliphatic carbocycles. The van der Waals surface area contributed by atoms with Crippen LogP contribution in [0, 0.1) is 12.7 Å². The van der Waals surface area contributed by atoms with Crippen molar-refractivity contribution in [3.8, 4) is 0 Å². The van der Waals surface area contributed by atoms with E-state index in [1.54, 1.807) is 6.92 Å². The molecule has 1 fully saturated rings. The van der Waals surface area contributed by atoms with E-state index < -0.39 is 15.8 Å². The zero-order chi connectivity index (χ0) is 17.2. The van der Waals surface area contributed by atoms with Crippen molar-refractivity contribution in [1.29, 1.82) is 0 Å². The van der Waals surface area contributed by atoms with Gasteiger partial charge < -0.3 is 4.90 Å². The topological polar surface area (TPSA) is 49.4 Å². The van der Waals surface area contributed by atoms with Crippen molar-refractivity contribution in [2.75, 3.05) is 18.0 Å². The Kier molecular flexibility index (Phi) is 4.87. The van der Waals surface area contributed by atoms with Crippen molar-refractivity contribution in [2.45, 2.75) is 31.2 Å². The molecule has 2 aromatic carbocycles. The summed E-state index contributed by atoms with van der Waals surface area (Å²) in [5, 5.41) is 0. The van der Waals surface area contributed by atoms with Gasteiger partial charge >= 0.3 is 0 Å². The van der Waals surface area contributed by atoms with Gasteiger partial charge in [0.05, 0.1) is 4.90 Å². The van der Waals surface area contributed by atoms with Crippen molar-refractivity contribution in [3.63, 3.8) is 0 Å². The number of nitrogens with one attached hydrogen (secondary N) is 1. The lowest BCUT2D eigenvalue weighted by molar-refractivity contribution is 0.579. The lowest BCUT2D eigenvalue weighted by Gasteiger charge is -2.17. The van der Waals surface area contributed by atoms with Gasteiger partial charge in [-0.3, -0.25) is 0 Å². The van der Waals surface area contributed by atoms with Crippen molar-refractivity contribution in [1.82, 2.24) is 4.72 Å². The average Bonchev–Trinajstić information content (AvgIpc) is 3.07. The second-order valence-corrected chi connectivity index (χ2v) is 7.83. The van der Waals surface area contributed by atoms with E-state index in [4.69, 9.17) is 0 Å². The molecular formula is C18H21FN2O2S. The third-order valence-electron chi connectivity index (χ3n) is 4.30. The summed E-state index contributed by atoms with van der Waals surface area (Å²) in [6, 6.07) is 11.6. The number of nitrogens with zero attached hydrogens (tertiary/aromatic N) is 1. The fraction of sp³-hybridized carbons (Fsp3) is 0.333. The molecule has 0 bridgehead atoms. The average molecular weight is 348 g/mol. The number of hydrogen-bond donors (Lipinski definition) is 1. The molecular weight excluding hydrogens is 327 g/mol. The highest BCUT2D eigenvalue weighted by molar-refractivity contribution is 7.89. The molecule has 2 aromatic rings. The van der Waals surface area contributed by atoms with Crippen LogP contribution in [0.4, 0.5) is 10.1 Å². The van der Waals surface area contributed by atoms with E-state index in [9.17, 15) is 12.8 Å². The molecule has 0 spiro atoms. The number of hydrogen-bond acceptors (Lipinski definition) is 3. The fourth-order valence-corrected chi connectivity index (χ4v) is 4.21. The fourth-order valence-electron chi connectivity index (χ4n) is 2.97. The maximum absolute atomic E-state index is 13.1. The third kappa shape index (κ3) is 3.76. The SMILES string of the molecule is Cc1cc(F)ccc1S(=O)(=O)NCc1ccc(N2CCCC2)cc1. The van der Waals surface area contributed by atoms with Gasteiger partial charge in [0, 0.05) is 25.3 Å². The van der Waals surface area contributed by atoms with Crippen LogP contribution < -0.4 is 9.62 Å². The summed E-state index contributed by atoms with van der Waals surface area (Å²) in [5.41, 5.74) is 2.46. The van der Waals surface area contributed by atoms with Gasteiger partial charge in [-0.05, 0) is 61.2 Å². The first-order valence-corrected chi connectivity index (χ1v) is 9.54. The first-order valence-electron chi connectivity index (χ1n) is 8.05. The van der Waals surface area contributed by atoms with Crippen LogP contribution in [-0.4, -0.2) is 21.5 Å². The molecule has 0 saturated carbocycles. The monoisotopic (exact) mass is 348 g/mol. The Bertz CT molecular complexity index is 813. The van der Waals surface area contributed by atoms with Gasteiger partial charge in [0.2, 0.25) is 10.0 Å². The maximum Gasteiger partial charge on any atom is 0.241 e. The highest BCUT2D eigenvalue weighted by Crippen LogP contribution is 2.21.